The number of anilines is 1. The van der Waals surface area contributed by atoms with E-state index in [1.807, 2.05) is 12.1 Å². The van der Waals surface area contributed by atoms with Crippen LogP contribution in [0.15, 0.2) is 12.1 Å². The summed E-state index contributed by atoms with van der Waals surface area (Å²) in [7, 11) is 2.18. The van der Waals surface area contributed by atoms with E-state index < -0.39 is 0 Å². The minimum Gasteiger partial charge on any atom is -0.486 e. The molecule has 1 aromatic rings. The Morgan fingerprint density at radius 1 is 1.15 bits per heavy atom. The van der Waals surface area contributed by atoms with Crippen LogP contribution < -0.4 is 14.8 Å². The normalized spacial score (nSPS) is 23.2. The molecule has 2 aliphatic rings. The summed E-state index contributed by atoms with van der Waals surface area (Å²) < 4.78 is 11.2. The molecule has 110 valence electrons. The van der Waals surface area contributed by atoms with Gasteiger partial charge in [0.25, 0.3) is 0 Å². The van der Waals surface area contributed by atoms with Gasteiger partial charge >= 0.3 is 0 Å². The first-order chi connectivity index (χ1) is 9.72. The maximum absolute atomic E-state index is 6.34. The number of hydrogen-bond acceptors (Lipinski definition) is 4. The fraction of sp³-hybridized carbons (Fsp3) is 0.600. The lowest BCUT2D eigenvalue weighted by atomic mass is 10.1. The van der Waals surface area contributed by atoms with Crippen molar-refractivity contribution in [2.24, 2.45) is 0 Å². The van der Waals surface area contributed by atoms with Crippen LogP contribution in [0.2, 0.25) is 5.02 Å². The third-order valence-corrected chi connectivity index (χ3v) is 4.26. The lowest BCUT2D eigenvalue weighted by molar-refractivity contribution is 0.171. The summed E-state index contributed by atoms with van der Waals surface area (Å²) in [5.74, 6) is 1.53. The molecule has 3 rings (SSSR count). The Morgan fingerprint density at radius 2 is 1.90 bits per heavy atom. The van der Waals surface area contributed by atoms with E-state index in [0.29, 0.717) is 24.3 Å². The molecule has 0 saturated carbocycles. The van der Waals surface area contributed by atoms with Gasteiger partial charge < -0.3 is 19.7 Å². The van der Waals surface area contributed by atoms with Crippen molar-refractivity contribution in [1.82, 2.24) is 4.90 Å². The monoisotopic (exact) mass is 296 g/mol. The first kappa shape index (κ1) is 13.8. The van der Waals surface area contributed by atoms with E-state index in [0.717, 1.165) is 30.2 Å². The van der Waals surface area contributed by atoms with Crippen LogP contribution in [0, 0.1) is 0 Å². The highest BCUT2D eigenvalue weighted by Crippen LogP contribution is 2.38. The number of likely N-dealkylation sites (tertiary alicyclic amines) is 1. The fourth-order valence-corrected chi connectivity index (χ4v) is 2.99. The molecule has 1 saturated heterocycles. The standard InChI is InChI=1S/C15H21ClN2O2/c1-18-5-2-3-11(4-6-18)17-13-10-15-14(9-12(13)16)19-7-8-20-15/h9-11,17H,2-8H2,1H3. The van der Waals surface area contributed by atoms with Gasteiger partial charge in [0.05, 0.1) is 10.7 Å². The Balaban J connectivity index is 1.73. The molecular formula is C15H21ClN2O2. The quantitative estimate of drug-likeness (QED) is 0.910. The van der Waals surface area contributed by atoms with Gasteiger partial charge in [0.2, 0.25) is 0 Å². The molecule has 2 heterocycles. The zero-order chi connectivity index (χ0) is 13.9. The molecule has 1 aromatic carbocycles. The van der Waals surface area contributed by atoms with Gasteiger partial charge in [-0.2, -0.15) is 0 Å². The highest BCUT2D eigenvalue weighted by Gasteiger charge is 2.19. The first-order valence-electron chi connectivity index (χ1n) is 7.26. The second kappa shape index (κ2) is 6.10. The van der Waals surface area contributed by atoms with Crippen LogP contribution >= 0.6 is 11.6 Å². The molecule has 2 aliphatic heterocycles. The molecule has 20 heavy (non-hydrogen) atoms. The van der Waals surface area contributed by atoms with Gasteiger partial charge in [0, 0.05) is 18.2 Å². The van der Waals surface area contributed by atoms with Crippen molar-refractivity contribution in [2.45, 2.75) is 25.3 Å². The third-order valence-electron chi connectivity index (χ3n) is 3.94. The van der Waals surface area contributed by atoms with Crippen molar-refractivity contribution in [1.29, 1.82) is 0 Å². The number of benzene rings is 1. The molecule has 4 nitrogen and oxygen atoms in total. The maximum atomic E-state index is 6.34. The van der Waals surface area contributed by atoms with E-state index >= 15 is 0 Å². The topological polar surface area (TPSA) is 33.7 Å². The van der Waals surface area contributed by atoms with E-state index in [1.54, 1.807) is 0 Å². The summed E-state index contributed by atoms with van der Waals surface area (Å²) in [6.45, 7) is 3.49. The number of halogens is 1. The van der Waals surface area contributed by atoms with Crippen molar-refractivity contribution >= 4 is 17.3 Å². The van der Waals surface area contributed by atoms with Crippen LogP contribution in [0.5, 0.6) is 11.5 Å². The largest absolute Gasteiger partial charge is 0.486 e. The summed E-state index contributed by atoms with van der Waals surface area (Å²) in [6, 6.07) is 4.28. The smallest absolute Gasteiger partial charge is 0.163 e. The predicted octanol–water partition coefficient (Wildman–Crippen LogP) is 3.01. The Kier molecular flexibility index (Phi) is 4.22. The summed E-state index contributed by atoms with van der Waals surface area (Å²) in [5, 5.41) is 4.27. The van der Waals surface area contributed by atoms with Crippen molar-refractivity contribution in [3.8, 4) is 11.5 Å². The zero-order valence-electron chi connectivity index (χ0n) is 11.8. The molecule has 1 N–H and O–H groups in total. The van der Waals surface area contributed by atoms with Gasteiger partial charge in [-0.15, -0.1) is 0 Å². The van der Waals surface area contributed by atoms with Gasteiger partial charge in [-0.05, 0) is 39.4 Å². The second-order valence-electron chi connectivity index (χ2n) is 5.55. The van der Waals surface area contributed by atoms with E-state index in [-0.39, 0.29) is 0 Å². The highest BCUT2D eigenvalue weighted by molar-refractivity contribution is 6.33. The lowest BCUT2D eigenvalue weighted by Gasteiger charge is -2.23. The maximum Gasteiger partial charge on any atom is 0.163 e. The number of fused-ring (bicyclic) bond motifs is 1. The van der Waals surface area contributed by atoms with Gasteiger partial charge in [0.15, 0.2) is 11.5 Å². The van der Waals surface area contributed by atoms with Crippen molar-refractivity contribution in [2.75, 3.05) is 38.7 Å². The van der Waals surface area contributed by atoms with E-state index in [1.165, 1.54) is 19.4 Å². The van der Waals surface area contributed by atoms with Crippen LogP contribution in [0.4, 0.5) is 5.69 Å². The average Bonchev–Trinajstić information content (AvgIpc) is 2.65. The van der Waals surface area contributed by atoms with E-state index in [4.69, 9.17) is 21.1 Å². The van der Waals surface area contributed by atoms with Gasteiger partial charge in [-0.1, -0.05) is 11.6 Å². The van der Waals surface area contributed by atoms with Gasteiger partial charge in [0.1, 0.15) is 13.2 Å². The summed E-state index contributed by atoms with van der Waals surface area (Å²) in [5.41, 5.74) is 0.950. The number of hydrogen-bond donors (Lipinski definition) is 1. The molecule has 1 unspecified atom stereocenters. The van der Waals surface area contributed by atoms with Crippen LogP contribution in [0.25, 0.3) is 0 Å². The summed E-state index contributed by atoms with van der Waals surface area (Å²) in [4.78, 5) is 2.38. The molecule has 0 amide bonds. The van der Waals surface area contributed by atoms with Crippen LogP contribution in [-0.4, -0.2) is 44.3 Å². The first-order valence-corrected chi connectivity index (χ1v) is 7.64. The highest BCUT2D eigenvalue weighted by atomic mass is 35.5. The van der Waals surface area contributed by atoms with Crippen molar-refractivity contribution in [3.05, 3.63) is 17.2 Å². The minimum atomic E-state index is 0.472. The molecule has 0 spiro atoms. The number of ether oxygens (including phenoxy) is 2. The molecule has 1 atom stereocenters. The van der Waals surface area contributed by atoms with Crippen LogP contribution in [-0.2, 0) is 0 Å². The van der Waals surface area contributed by atoms with E-state index in [9.17, 15) is 0 Å². The molecule has 5 heteroatoms. The lowest BCUT2D eigenvalue weighted by Crippen LogP contribution is -2.23. The second-order valence-corrected chi connectivity index (χ2v) is 5.96. The van der Waals surface area contributed by atoms with Crippen molar-refractivity contribution < 1.29 is 9.47 Å². The Morgan fingerprint density at radius 3 is 2.70 bits per heavy atom. The Labute approximate surface area is 125 Å². The molecule has 0 bridgehead atoms. The molecule has 0 aliphatic carbocycles. The summed E-state index contributed by atoms with van der Waals surface area (Å²) in [6.07, 6.45) is 3.53. The zero-order valence-corrected chi connectivity index (χ0v) is 12.6. The van der Waals surface area contributed by atoms with E-state index in [2.05, 4.69) is 17.3 Å². The number of nitrogens with zero attached hydrogens (tertiary/aromatic N) is 1. The van der Waals surface area contributed by atoms with Crippen LogP contribution in [0.3, 0.4) is 0 Å². The van der Waals surface area contributed by atoms with Crippen LogP contribution in [0.1, 0.15) is 19.3 Å². The molecule has 0 aromatic heterocycles. The fourth-order valence-electron chi connectivity index (χ4n) is 2.78. The minimum absolute atomic E-state index is 0.472. The summed E-state index contributed by atoms with van der Waals surface area (Å²) >= 11 is 6.34. The van der Waals surface area contributed by atoms with Gasteiger partial charge in [-0.3, -0.25) is 0 Å². The van der Waals surface area contributed by atoms with Gasteiger partial charge in [-0.25, -0.2) is 0 Å². The predicted molar refractivity (Wildman–Crippen MR) is 81.2 cm³/mol. The SMILES string of the molecule is CN1CCCC(Nc2cc3c(cc2Cl)OCCO3)CC1. The molecular weight excluding hydrogens is 276 g/mol. The molecule has 1 fully saturated rings. The third kappa shape index (κ3) is 3.13. The van der Waals surface area contributed by atoms with Crippen molar-refractivity contribution in [3.63, 3.8) is 0 Å². The number of rotatable bonds is 2. The Hall–Kier alpha value is -1.13. The average molecular weight is 297 g/mol. The Bertz CT molecular complexity index is 481. The molecule has 0 radical (unpaired) electrons. The number of nitrogens with one attached hydrogen (secondary N) is 1.